The van der Waals surface area contributed by atoms with E-state index in [4.69, 9.17) is 0 Å². The Labute approximate surface area is 176 Å². The molecule has 0 saturated carbocycles. The second-order valence-electron chi connectivity index (χ2n) is 6.41. The number of carbonyl (C=O) groups is 2. The van der Waals surface area contributed by atoms with Crippen LogP contribution in [0.5, 0.6) is 0 Å². The molecule has 0 atom stereocenters. The summed E-state index contributed by atoms with van der Waals surface area (Å²) in [6.45, 7) is 1.81. The summed E-state index contributed by atoms with van der Waals surface area (Å²) in [5, 5.41) is 11.2. The number of amides is 2. The summed E-state index contributed by atoms with van der Waals surface area (Å²) in [7, 11) is 1.53. The Bertz CT molecular complexity index is 1250. The van der Waals surface area contributed by atoms with E-state index in [2.05, 4.69) is 30.9 Å². The highest BCUT2D eigenvalue weighted by Crippen LogP contribution is 2.29. The number of hydrogen-bond acceptors (Lipinski definition) is 7. The molecule has 0 saturated heterocycles. The zero-order valence-corrected chi connectivity index (χ0v) is 17.1. The Morgan fingerprint density at radius 1 is 1.00 bits per heavy atom. The van der Waals surface area contributed by atoms with E-state index in [1.54, 1.807) is 18.5 Å². The average molecular weight is 418 g/mol. The van der Waals surface area contributed by atoms with Gasteiger partial charge in [0.05, 0.1) is 22.5 Å². The van der Waals surface area contributed by atoms with Crippen molar-refractivity contribution in [3.05, 3.63) is 71.1 Å². The second kappa shape index (κ2) is 8.26. The summed E-state index contributed by atoms with van der Waals surface area (Å²) in [4.78, 5) is 37.9. The van der Waals surface area contributed by atoms with Gasteiger partial charge in [-0.1, -0.05) is 18.2 Å². The topological polar surface area (TPSA) is 109 Å². The molecule has 0 radical (unpaired) electrons. The summed E-state index contributed by atoms with van der Waals surface area (Å²) in [5.74, 6) is 0.275. The fourth-order valence-electron chi connectivity index (χ4n) is 2.91. The molecule has 0 bridgehead atoms. The molecule has 0 aliphatic heterocycles. The van der Waals surface area contributed by atoms with Crippen LogP contribution in [0.1, 0.15) is 26.4 Å². The van der Waals surface area contributed by atoms with Crippen LogP contribution >= 0.6 is 11.3 Å². The zero-order valence-electron chi connectivity index (χ0n) is 16.3. The van der Waals surface area contributed by atoms with Crippen molar-refractivity contribution in [2.75, 3.05) is 17.7 Å². The zero-order chi connectivity index (χ0) is 21.1. The molecular weight excluding hydrogens is 400 g/mol. The highest BCUT2D eigenvalue weighted by molar-refractivity contribution is 7.17. The number of nitrogens with one attached hydrogen (secondary N) is 3. The number of fused-ring (bicyclic) bond motifs is 1. The highest BCUT2D eigenvalue weighted by atomic mass is 32.1. The first kappa shape index (κ1) is 19.5. The van der Waals surface area contributed by atoms with Gasteiger partial charge in [0.15, 0.2) is 11.6 Å². The minimum Gasteiger partial charge on any atom is -0.355 e. The molecule has 0 unspecified atom stereocenters. The molecule has 3 aromatic heterocycles. The third kappa shape index (κ3) is 3.83. The predicted octanol–water partition coefficient (Wildman–Crippen LogP) is 3.75. The number of anilines is 3. The number of carbonyl (C=O) groups excluding carboxylic acids is 2. The molecule has 2 amide bonds. The van der Waals surface area contributed by atoms with Gasteiger partial charge in [-0.15, -0.1) is 11.3 Å². The van der Waals surface area contributed by atoms with Gasteiger partial charge in [0.2, 0.25) is 0 Å². The molecule has 4 aromatic rings. The molecule has 9 heteroatoms. The van der Waals surface area contributed by atoms with Crippen molar-refractivity contribution >= 4 is 50.6 Å². The Morgan fingerprint density at radius 2 is 1.80 bits per heavy atom. The Balaban J connectivity index is 1.71. The van der Waals surface area contributed by atoms with Crippen LogP contribution in [0.2, 0.25) is 0 Å². The SMILES string of the molecule is CNC(=O)c1cnc(Nc2nccnc2C)c(NC(=O)c2csc3ccccc23)c1. The van der Waals surface area contributed by atoms with Crippen LogP contribution in [0.4, 0.5) is 17.3 Å². The maximum atomic E-state index is 13.0. The van der Waals surface area contributed by atoms with Crippen molar-refractivity contribution in [3.63, 3.8) is 0 Å². The molecule has 4 rings (SSSR count). The fourth-order valence-corrected chi connectivity index (χ4v) is 3.85. The molecule has 0 aliphatic carbocycles. The van der Waals surface area contributed by atoms with Crippen molar-refractivity contribution < 1.29 is 9.59 Å². The van der Waals surface area contributed by atoms with Gasteiger partial charge < -0.3 is 16.0 Å². The number of nitrogens with zero attached hydrogens (tertiary/aromatic N) is 3. The monoisotopic (exact) mass is 418 g/mol. The Kier molecular flexibility index (Phi) is 5.36. The number of benzene rings is 1. The Morgan fingerprint density at radius 3 is 2.60 bits per heavy atom. The van der Waals surface area contributed by atoms with Crippen molar-refractivity contribution in [1.82, 2.24) is 20.3 Å². The molecule has 1 aromatic carbocycles. The van der Waals surface area contributed by atoms with Crippen LogP contribution < -0.4 is 16.0 Å². The second-order valence-corrected chi connectivity index (χ2v) is 7.33. The maximum Gasteiger partial charge on any atom is 0.257 e. The third-order valence-corrected chi connectivity index (χ3v) is 5.43. The van der Waals surface area contributed by atoms with Gasteiger partial charge in [-0.25, -0.2) is 9.97 Å². The summed E-state index contributed by atoms with van der Waals surface area (Å²) in [6, 6.07) is 9.27. The summed E-state index contributed by atoms with van der Waals surface area (Å²) in [5.41, 5.74) is 1.92. The molecule has 3 N–H and O–H groups in total. The van der Waals surface area contributed by atoms with E-state index < -0.39 is 0 Å². The predicted molar refractivity (Wildman–Crippen MR) is 117 cm³/mol. The lowest BCUT2D eigenvalue weighted by molar-refractivity contribution is 0.0961. The number of rotatable bonds is 5. The van der Waals surface area contributed by atoms with E-state index >= 15 is 0 Å². The van der Waals surface area contributed by atoms with Gasteiger partial charge in [-0.2, -0.15) is 0 Å². The molecule has 30 heavy (non-hydrogen) atoms. The van der Waals surface area contributed by atoms with Gasteiger partial charge in [-0.3, -0.25) is 14.6 Å². The number of pyridine rings is 1. The van der Waals surface area contributed by atoms with E-state index in [1.807, 2.05) is 36.6 Å². The molecule has 3 heterocycles. The van der Waals surface area contributed by atoms with Crippen LogP contribution in [0, 0.1) is 6.92 Å². The molecular formula is C21H18N6O2S. The average Bonchev–Trinajstić information content (AvgIpc) is 3.20. The van der Waals surface area contributed by atoms with Crippen molar-refractivity contribution in [3.8, 4) is 0 Å². The van der Waals surface area contributed by atoms with Gasteiger partial charge in [0.1, 0.15) is 0 Å². The fraction of sp³-hybridized carbons (Fsp3) is 0.0952. The summed E-state index contributed by atoms with van der Waals surface area (Å²) < 4.78 is 1.02. The van der Waals surface area contributed by atoms with Gasteiger partial charge in [0.25, 0.3) is 11.8 Å². The number of thiophene rings is 1. The molecule has 0 aliphatic rings. The van der Waals surface area contributed by atoms with Crippen LogP contribution in [0.3, 0.4) is 0 Å². The quantitative estimate of drug-likeness (QED) is 0.455. The molecule has 0 spiro atoms. The largest absolute Gasteiger partial charge is 0.355 e. The Hall–Kier alpha value is -3.85. The highest BCUT2D eigenvalue weighted by Gasteiger charge is 2.17. The van der Waals surface area contributed by atoms with Crippen molar-refractivity contribution in [2.24, 2.45) is 0 Å². The van der Waals surface area contributed by atoms with E-state index in [0.29, 0.717) is 34.1 Å². The lowest BCUT2D eigenvalue weighted by Crippen LogP contribution is -2.19. The molecule has 0 fully saturated rings. The van der Waals surface area contributed by atoms with Gasteiger partial charge >= 0.3 is 0 Å². The molecule has 150 valence electrons. The normalized spacial score (nSPS) is 10.6. The molecule has 8 nitrogen and oxygen atoms in total. The number of aryl methyl sites for hydroxylation is 1. The van der Waals surface area contributed by atoms with Crippen molar-refractivity contribution in [1.29, 1.82) is 0 Å². The standard InChI is InChI=1S/C21H18N6O2S/c1-12-18(24-8-7-23-12)27-19-16(9-13(10-25-19)20(28)22-2)26-21(29)15-11-30-17-6-4-3-5-14(15)17/h3-11H,1-2H3,(H,22,28)(H,26,29)(H,24,25,27). The van der Waals surface area contributed by atoms with Crippen LogP contribution in [0.25, 0.3) is 10.1 Å². The maximum absolute atomic E-state index is 13.0. The first-order valence-electron chi connectivity index (χ1n) is 9.11. The minimum absolute atomic E-state index is 0.290. The lowest BCUT2D eigenvalue weighted by Gasteiger charge is -2.14. The van der Waals surface area contributed by atoms with E-state index in [0.717, 1.165) is 10.1 Å². The first-order chi connectivity index (χ1) is 14.6. The number of hydrogen-bond donors (Lipinski definition) is 3. The van der Waals surface area contributed by atoms with Crippen molar-refractivity contribution in [2.45, 2.75) is 6.92 Å². The van der Waals surface area contributed by atoms with Gasteiger partial charge in [0, 0.05) is 41.1 Å². The van der Waals surface area contributed by atoms with E-state index in [9.17, 15) is 9.59 Å². The summed E-state index contributed by atoms with van der Waals surface area (Å²) >= 11 is 1.50. The van der Waals surface area contributed by atoms with Gasteiger partial charge in [-0.05, 0) is 19.1 Å². The van der Waals surface area contributed by atoms with E-state index in [1.165, 1.54) is 24.6 Å². The lowest BCUT2D eigenvalue weighted by atomic mass is 10.1. The minimum atomic E-state index is -0.304. The van der Waals surface area contributed by atoms with Crippen LogP contribution in [-0.2, 0) is 0 Å². The van der Waals surface area contributed by atoms with Crippen LogP contribution in [-0.4, -0.2) is 33.8 Å². The smallest absolute Gasteiger partial charge is 0.257 e. The number of aromatic nitrogens is 3. The summed E-state index contributed by atoms with van der Waals surface area (Å²) in [6.07, 6.45) is 4.58. The third-order valence-electron chi connectivity index (χ3n) is 4.47. The van der Waals surface area contributed by atoms with Crippen LogP contribution in [0.15, 0.2) is 54.3 Å². The first-order valence-corrected chi connectivity index (χ1v) is 9.99. The van der Waals surface area contributed by atoms with E-state index in [-0.39, 0.29) is 11.8 Å².